The van der Waals surface area contributed by atoms with E-state index in [4.69, 9.17) is 9.90 Å². The molecule has 8 heavy (non-hydrogen) atoms. The summed E-state index contributed by atoms with van der Waals surface area (Å²) in [6.07, 6.45) is -0.921. The summed E-state index contributed by atoms with van der Waals surface area (Å²) < 4.78 is 22.6. The SMILES string of the molecule is O=CC(F)(F)C(=O)O. The number of halogens is 2. The Labute approximate surface area is 42.9 Å². The zero-order valence-corrected chi connectivity index (χ0v) is 3.60. The molecule has 1 N–H and O–H groups in total. The molecule has 0 amide bonds. The normalized spacial score (nSPS) is 10.8. The van der Waals surface area contributed by atoms with Crippen LogP contribution in [-0.2, 0) is 9.59 Å². The van der Waals surface area contributed by atoms with Gasteiger partial charge in [-0.1, -0.05) is 0 Å². The van der Waals surface area contributed by atoms with E-state index in [1.54, 1.807) is 0 Å². The zero-order valence-electron chi connectivity index (χ0n) is 3.60. The Balaban J connectivity index is 4.12. The molecule has 0 rings (SSSR count). The molecule has 0 aliphatic heterocycles. The Bertz CT molecular complexity index is 120. The van der Waals surface area contributed by atoms with Gasteiger partial charge in [-0.25, -0.2) is 4.79 Å². The first kappa shape index (κ1) is 7.00. The lowest BCUT2D eigenvalue weighted by Crippen LogP contribution is -2.29. The van der Waals surface area contributed by atoms with Crippen LogP contribution in [-0.4, -0.2) is 23.3 Å². The first-order valence-electron chi connectivity index (χ1n) is 1.58. The number of aldehydes is 1. The van der Waals surface area contributed by atoms with Crippen molar-refractivity contribution in [3.63, 3.8) is 0 Å². The Morgan fingerprint density at radius 1 is 1.62 bits per heavy atom. The van der Waals surface area contributed by atoms with Crippen LogP contribution in [0.3, 0.4) is 0 Å². The molecule has 0 aromatic rings. The summed E-state index contributed by atoms with van der Waals surface area (Å²) in [6, 6.07) is 0. The number of hydrogen-bond donors (Lipinski definition) is 1. The Kier molecular flexibility index (Phi) is 1.62. The summed E-state index contributed by atoms with van der Waals surface area (Å²) in [6.45, 7) is 0. The maximum Gasteiger partial charge on any atom is 0.396 e. The van der Waals surface area contributed by atoms with Crippen LogP contribution in [0.15, 0.2) is 0 Å². The van der Waals surface area contributed by atoms with Crippen LogP contribution >= 0.6 is 0 Å². The van der Waals surface area contributed by atoms with Crippen molar-refractivity contribution in [1.82, 2.24) is 0 Å². The van der Waals surface area contributed by atoms with Gasteiger partial charge in [-0.2, -0.15) is 8.78 Å². The van der Waals surface area contributed by atoms with Crippen LogP contribution < -0.4 is 0 Å². The number of carbonyl (C=O) groups excluding carboxylic acids is 1. The van der Waals surface area contributed by atoms with Gasteiger partial charge in [0.1, 0.15) is 0 Å². The summed E-state index contributed by atoms with van der Waals surface area (Å²) >= 11 is 0. The van der Waals surface area contributed by atoms with Gasteiger partial charge in [-0.05, 0) is 0 Å². The maximum absolute atomic E-state index is 11.3. The number of hydrogen-bond acceptors (Lipinski definition) is 2. The van der Waals surface area contributed by atoms with Crippen molar-refractivity contribution in [2.75, 3.05) is 0 Å². The van der Waals surface area contributed by atoms with E-state index in [1.807, 2.05) is 0 Å². The van der Waals surface area contributed by atoms with Gasteiger partial charge in [-0.3, -0.25) is 4.79 Å². The number of alkyl halides is 2. The molecule has 0 aliphatic rings. The van der Waals surface area contributed by atoms with Gasteiger partial charge in [0.05, 0.1) is 0 Å². The fraction of sp³-hybridized carbons (Fsp3) is 0.333. The van der Waals surface area contributed by atoms with Crippen molar-refractivity contribution in [2.45, 2.75) is 5.92 Å². The van der Waals surface area contributed by atoms with E-state index in [-0.39, 0.29) is 0 Å². The zero-order chi connectivity index (χ0) is 6.78. The lowest BCUT2D eigenvalue weighted by atomic mass is 10.4. The van der Waals surface area contributed by atoms with Crippen LogP contribution in [0, 0.1) is 0 Å². The molecule has 46 valence electrons. The minimum absolute atomic E-state index is 0.921. The average Bonchev–Trinajstić information content (AvgIpc) is 1.67. The van der Waals surface area contributed by atoms with E-state index in [0.29, 0.717) is 0 Å². The molecule has 3 nitrogen and oxygen atoms in total. The van der Waals surface area contributed by atoms with E-state index in [9.17, 15) is 13.6 Å². The molecule has 5 heteroatoms. The number of carboxylic acids is 1. The van der Waals surface area contributed by atoms with Gasteiger partial charge in [0.25, 0.3) is 0 Å². The maximum atomic E-state index is 11.3. The third kappa shape index (κ3) is 1.25. The third-order valence-electron chi connectivity index (χ3n) is 0.433. The van der Waals surface area contributed by atoms with Gasteiger partial charge < -0.3 is 5.11 Å². The largest absolute Gasteiger partial charge is 0.476 e. The van der Waals surface area contributed by atoms with Crippen molar-refractivity contribution >= 4 is 12.3 Å². The summed E-state index contributed by atoms with van der Waals surface area (Å²) in [7, 11) is 0. The van der Waals surface area contributed by atoms with Gasteiger partial charge in [-0.15, -0.1) is 0 Å². The fourth-order valence-electron chi connectivity index (χ4n) is 0.0504. The van der Waals surface area contributed by atoms with Crippen molar-refractivity contribution in [2.24, 2.45) is 0 Å². The van der Waals surface area contributed by atoms with E-state index < -0.39 is 18.2 Å². The van der Waals surface area contributed by atoms with Crippen molar-refractivity contribution < 1.29 is 23.5 Å². The smallest absolute Gasteiger partial charge is 0.396 e. The van der Waals surface area contributed by atoms with E-state index in [0.717, 1.165) is 0 Å². The lowest BCUT2D eigenvalue weighted by molar-refractivity contribution is -0.165. The Hall–Kier alpha value is -1.00. The van der Waals surface area contributed by atoms with Gasteiger partial charge in [0.15, 0.2) is 0 Å². The van der Waals surface area contributed by atoms with E-state index >= 15 is 0 Å². The molecule has 0 fully saturated rings. The second kappa shape index (κ2) is 1.85. The average molecular weight is 124 g/mol. The first-order chi connectivity index (χ1) is 3.50. The number of carbonyl (C=O) groups is 2. The van der Waals surface area contributed by atoms with Gasteiger partial charge >= 0.3 is 11.9 Å². The van der Waals surface area contributed by atoms with Gasteiger partial charge in [0.2, 0.25) is 6.29 Å². The summed E-state index contributed by atoms with van der Waals surface area (Å²) in [4.78, 5) is 18.4. The molecule has 0 saturated heterocycles. The van der Waals surface area contributed by atoms with Crippen LogP contribution in [0.1, 0.15) is 0 Å². The standard InChI is InChI=1S/C3H2F2O3/c4-3(5,1-6)2(7)8/h1H,(H,7,8). The van der Waals surface area contributed by atoms with Crippen LogP contribution in [0.4, 0.5) is 8.78 Å². The molecule has 0 spiro atoms. The predicted octanol–water partition coefficient (Wildman–Crippen LogP) is -0.0948. The van der Waals surface area contributed by atoms with Gasteiger partial charge in [0, 0.05) is 0 Å². The molecule has 0 aromatic carbocycles. The third-order valence-corrected chi connectivity index (χ3v) is 0.433. The molecule has 0 bridgehead atoms. The quantitative estimate of drug-likeness (QED) is 0.413. The molecule has 0 radical (unpaired) electrons. The summed E-state index contributed by atoms with van der Waals surface area (Å²) in [5, 5.41) is 7.46. The molecular weight excluding hydrogens is 122 g/mol. The molecule has 0 atom stereocenters. The number of aliphatic carboxylic acids is 1. The second-order valence-corrected chi connectivity index (χ2v) is 1.05. The van der Waals surface area contributed by atoms with Crippen LogP contribution in [0.2, 0.25) is 0 Å². The molecular formula is C3H2F2O3. The van der Waals surface area contributed by atoms with Crippen molar-refractivity contribution in [3.8, 4) is 0 Å². The van der Waals surface area contributed by atoms with Crippen molar-refractivity contribution in [1.29, 1.82) is 0 Å². The molecule has 0 heterocycles. The highest BCUT2D eigenvalue weighted by Crippen LogP contribution is 2.07. The Morgan fingerprint density at radius 2 is 2.00 bits per heavy atom. The topological polar surface area (TPSA) is 54.4 Å². The van der Waals surface area contributed by atoms with Crippen molar-refractivity contribution in [3.05, 3.63) is 0 Å². The highest BCUT2D eigenvalue weighted by molar-refractivity contribution is 5.92. The monoisotopic (exact) mass is 124 g/mol. The molecule has 0 unspecified atom stereocenters. The summed E-state index contributed by atoms with van der Waals surface area (Å²) in [5.74, 6) is -6.65. The lowest BCUT2D eigenvalue weighted by Gasteiger charge is -1.97. The van der Waals surface area contributed by atoms with Crippen LogP contribution in [0.25, 0.3) is 0 Å². The second-order valence-electron chi connectivity index (χ2n) is 1.05. The minimum atomic E-state index is -4.22. The highest BCUT2D eigenvalue weighted by Gasteiger charge is 2.38. The van der Waals surface area contributed by atoms with Crippen LogP contribution in [0.5, 0.6) is 0 Å². The first-order valence-corrected chi connectivity index (χ1v) is 1.58. The molecule has 0 aromatic heterocycles. The summed E-state index contributed by atoms with van der Waals surface area (Å²) in [5.41, 5.74) is 0. The highest BCUT2D eigenvalue weighted by atomic mass is 19.3. The van der Waals surface area contributed by atoms with E-state index in [1.165, 1.54) is 0 Å². The molecule has 0 saturated carbocycles. The Morgan fingerprint density at radius 3 is 2.00 bits per heavy atom. The fourth-order valence-corrected chi connectivity index (χ4v) is 0.0504. The number of rotatable bonds is 2. The van der Waals surface area contributed by atoms with E-state index in [2.05, 4.69) is 0 Å². The minimum Gasteiger partial charge on any atom is -0.476 e. The number of carboxylic acid groups (broad SMARTS) is 1. The molecule has 0 aliphatic carbocycles. The predicted molar refractivity (Wildman–Crippen MR) is 18.6 cm³/mol.